The predicted molar refractivity (Wildman–Crippen MR) is 214 cm³/mol. The van der Waals surface area contributed by atoms with Crippen molar-refractivity contribution in [3.63, 3.8) is 0 Å². The summed E-state index contributed by atoms with van der Waals surface area (Å²) in [7, 11) is -4.80. The maximum atomic E-state index is 14.1. The summed E-state index contributed by atoms with van der Waals surface area (Å²) >= 11 is 0. The van der Waals surface area contributed by atoms with Gasteiger partial charge in [0, 0.05) is 19.4 Å². The molecule has 1 fully saturated rings. The molecule has 1 unspecified atom stereocenters. The molecule has 4 rings (SSSR count). The molecule has 17 heteroatoms. The van der Waals surface area contributed by atoms with Crippen molar-refractivity contribution >= 4 is 25.1 Å². The highest BCUT2D eigenvalue weighted by atomic mass is 31.2. The van der Waals surface area contributed by atoms with Gasteiger partial charge in [-0.2, -0.15) is 15.6 Å². The number of halogens is 1. The lowest BCUT2D eigenvalue weighted by Crippen LogP contribution is -2.36. The topological polar surface area (TPSA) is 227 Å². The molecular formula is C41H59FN7O8P. The van der Waals surface area contributed by atoms with Gasteiger partial charge in [-0.1, -0.05) is 96.8 Å². The highest BCUT2D eigenvalue weighted by Gasteiger charge is 2.50. The molecule has 0 spiro atoms. The molecule has 0 saturated carbocycles. The van der Waals surface area contributed by atoms with Gasteiger partial charge in [-0.15, -0.1) is 0 Å². The van der Waals surface area contributed by atoms with Crippen molar-refractivity contribution in [2.45, 2.75) is 147 Å². The zero-order chi connectivity index (χ0) is 41.8. The number of nitrogen functional groups attached to an aromatic ring is 1. The summed E-state index contributed by atoms with van der Waals surface area (Å²) < 4.78 is 50.7. The highest BCUT2D eigenvalue weighted by Crippen LogP contribution is 2.46. The van der Waals surface area contributed by atoms with Gasteiger partial charge in [0.05, 0.1) is 49.4 Å². The predicted octanol–water partition coefficient (Wildman–Crippen LogP) is 7.29. The van der Waals surface area contributed by atoms with E-state index in [9.17, 15) is 34.3 Å². The van der Waals surface area contributed by atoms with E-state index in [0.717, 1.165) is 31.7 Å². The third kappa shape index (κ3) is 15.0. The minimum atomic E-state index is -4.80. The summed E-state index contributed by atoms with van der Waals surface area (Å²) in [6.07, 6.45) is 16.2. The Labute approximate surface area is 340 Å². The first-order valence-electron chi connectivity index (χ1n) is 20.5. The number of rotatable bonds is 28. The maximum Gasteiger partial charge on any atom is 0.472 e. The number of aromatic nitrogens is 3. The molecule has 318 valence electrons. The molecular weight excluding hydrogens is 768 g/mol. The molecule has 1 aromatic carbocycles. The van der Waals surface area contributed by atoms with Crippen LogP contribution in [0.4, 0.5) is 10.2 Å². The van der Waals surface area contributed by atoms with Gasteiger partial charge < -0.3 is 30.5 Å². The molecule has 0 bridgehead atoms. The maximum absolute atomic E-state index is 14.1. The van der Waals surface area contributed by atoms with E-state index in [1.54, 1.807) is 12.1 Å². The van der Waals surface area contributed by atoms with E-state index in [1.807, 2.05) is 6.07 Å². The minimum absolute atomic E-state index is 0.0908. The number of nitrogens with two attached hydrogens (primary N) is 1. The SMILES string of the molecule is CCCCCCCCCCCCCCCCCC(=O)NC[C@H](COP(=O)(O)OC[C@H]1O[C@@](C#N)(c2ccc3c(N)ncnn23)C[C@@H]1O)OCc1cc(F)cc(C#N)c1. The molecule has 3 aromatic rings. The number of carbonyl (C=O) groups excluding carboxylic acids is 1. The van der Waals surface area contributed by atoms with Crippen molar-refractivity contribution in [2.75, 3.05) is 25.5 Å². The van der Waals surface area contributed by atoms with Crippen LogP contribution in [0.5, 0.6) is 0 Å². The van der Waals surface area contributed by atoms with Crippen LogP contribution in [0.15, 0.2) is 36.7 Å². The molecule has 5 N–H and O–H groups in total. The van der Waals surface area contributed by atoms with Gasteiger partial charge >= 0.3 is 7.82 Å². The largest absolute Gasteiger partial charge is 0.472 e. The van der Waals surface area contributed by atoms with Crippen LogP contribution >= 0.6 is 7.82 Å². The number of aliphatic hydroxyl groups is 1. The lowest BCUT2D eigenvalue weighted by Gasteiger charge is -2.23. The summed E-state index contributed by atoms with van der Waals surface area (Å²) in [6, 6.07) is 10.9. The van der Waals surface area contributed by atoms with E-state index in [0.29, 0.717) is 17.5 Å². The summed E-state index contributed by atoms with van der Waals surface area (Å²) in [4.78, 5) is 27.2. The van der Waals surface area contributed by atoms with E-state index >= 15 is 0 Å². The fraction of sp³-hybridized carbons (Fsp3) is 0.634. The molecule has 2 aromatic heterocycles. The van der Waals surface area contributed by atoms with Crippen molar-refractivity contribution in [3.05, 3.63) is 59.3 Å². The van der Waals surface area contributed by atoms with Crippen LogP contribution in [0.1, 0.15) is 133 Å². The van der Waals surface area contributed by atoms with Crippen LogP contribution in [-0.2, 0) is 40.1 Å². The normalized spacial score (nSPS) is 19.4. The molecule has 0 radical (unpaired) electrons. The third-order valence-electron chi connectivity index (χ3n) is 10.3. The Bertz CT molecular complexity index is 1870. The molecule has 58 heavy (non-hydrogen) atoms. The van der Waals surface area contributed by atoms with E-state index < -0.39 is 50.8 Å². The van der Waals surface area contributed by atoms with Gasteiger partial charge in [0.2, 0.25) is 5.91 Å². The zero-order valence-corrected chi connectivity index (χ0v) is 34.4. The van der Waals surface area contributed by atoms with Crippen LogP contribution < -0.4 is 11.1 Å². The summed E-state index contributed by atoms with van der Waals surface area (Å²) in [6.45, 7) is 0.842. The molecule has 15 nitrogen and oxygen atoms in total. The summed E-state index contributed by atoms with van der Waals surface area (Å²) in [5, 5.41) is 37.1. The van der Waals surface area contributed by atoms with Crippen LogP contribution in [0.25, 0.3) is 5.52 Å². The monoisotopic (exact) mass is 827 g/mol. The molecule has 5 atom stereocenters. The van der Waals surface area contributed by atoms with Crippen LogP contribution in [0, 0.1) is 28.5 Å². The van der Waals surface area contributed by atoms with Crippen molar-refractivity contribution < 1.29 is 42.3 Å². The number of aliphatic hydroxyl groups excluding tert-OH is 1. The number of phosphoric acid groups is 1. The zero-order valence-electron chi connectivity index (χ0n) is 33.5. The molecule has 1 amide bonds. The Kier molecular flexibility index (Phi) is 19.5. The lowest BCUT2D eigenvalue weighted by molar-refractivity contribution is -0.122. The van der Waals surface area contributed by atoms with E-state index in [-0.39, 0.29) is 42.6 Å². The molecule has 1 saturated heterocycles. The minimum Gasteiger partial charge on any atom is -0.390 e. The Balaban J connectivity index is 1.21. The van der Waals surface area contributed by atoms with Crippen molar-refractivity contribution in [1.29, 1.82) is 10.5 Å². The number of ether oxygens (including phenoxy) is 2. The van der Waals surface area contributed by atoms with E-state index in [4.69, 9.17) is 24.3 Å². The smallest absolute Gasteiger partial charge is 0.390 e. The van der Waals surface area contributed by atoms with Crippen LogP contribution in [0.2, 0.25) is 0 Å². The number of nitrogens with one attached hydrogen (secondary N) is 1. The molecule has 1 aliphatic rings. The number of hydrogen-bond acceptors (Lipinski definition) is 12. The number of hydrogen-bond donors (Lipinski definition) is 4. The van der Waals surface area contributed by atoms with E-state index in [1.165, 1.54) is 93.6 Å². The lowest BCUT2D eigenvalue weighted by atomic mass is 9.96. The van der Waals surface area contributed by atoms with Gasteiger partial charge in [-0.05, 0) is 42.3 Å². The first-order valence-corrected chi connectivity index (χ1v) is 22.0. The van der Waals surface area contributed by atoms with Crippen molar-refractivity contribution in [1.82, 2.24) is 19.9 Å². The number of nitriles is 2. The quantitative estimate of drug-likeness (QED) is 0.0417. The second kappa shape index (κ2) is 24.2. The number of fused-ring (bicyclic) bond motifs is 1. The van der Waals surface area contributed by atoms with Gasteiger partial charge in [-0.3, -0.25) is 13.8 Å². The van der Waals surface area contributed by atoms with Gasteiger partial charge in [0.25, 0.3) is 0 Å². The van der Waals surface area contributed by atoms with Crippen molar-refractivity contribution in [3.8, 4) is 12.1 Å². The Morgan fingerprint density at radius 3 is 2.34 bits per heavy atom. The molecule has 1 aliphatic heterocycles. The molecule has 3 heterocycles. The Hall–Kier alpha value is -3.99. The standard InChI is InChI=1S/C41H59FN7O8P/c1-2-3-4-5-6-7-8-9-10-11-12-13-14-15-16-17-39(51)46-25-34(54-26-32-20-31(24-43)21-33(42)22-32)27-55-58(52,53)56-28-37-36(50)23-41(29-44,57-37)38-19-18-35-40(45)47-30-48-49(35)38/h18-22,30,34,36-37,50H,2-17,23,25-28H2,1H3,(H,46,51)(H,52,53)(H2,45,47,48)/t34-,36+,37-,41+/m1/s1. The van der Waals surface area contributed by atoms with Crippen LogP contribution in [0.3, 0.4) is 0 Å². The highest BCUT2D eigenvalue weighted by molar-refractivity contribution is 7.47. The average Bonchev–Trinajstić information content (AvgIpc) is 3.80. The fourth-order valence-corrected chi connectivity index (χ4v) is 7.81. The number of nitrogens with zero attached hydrogens (tertiary/aromatic N) is 5. The first-order chi connectivity index (χ1) is 28.0. The number of anilines is 1. The number of benzene rings is 1. The van der Waals surface area contributed by atoms with Gasteiger partial charge in [0.15, 0.2) is 11.4 Å². The number of phosphoric ester groups is 1. The summed E-state index contributed by atoms with van der Waals surface area (Å²) in [5.74, 6) is -0.673. The van der Waals surface area contributed by atoms with Crippen molar-refractivity contribution in [2.24, 2.45) is 0 Å². The number of unbranched alkanes of at least 4 members (excludes halogenated alkanes) is 14. The Morgan fingerprint density at radius 1 is 1.05 bits per heavy atom. The third-order valence-corrected chi connectivity index (χ3v) is 11.2. The Morgan fingerprint density at radius 2 is 1.71 bits per heavy atom. The molecule has 0 aliphatic carbocycles. The average molecular weight is 828 g/mol. The second-order valence-electron chi connectivity index (χ2n) is 15.0. The number of amides is 1. The fourth-order valence-electron chi connectivity index (χ4n) is 7.04. The van der Waals surface area contributed by atoms with Gasteiger partial charge in [0.1, 0.15) is 29.8 Å². The second-order valence-corrected chi connectivity index (χ2v) is 16.4. The summed E-state index contributed by atoms with van der Waals surface area (Å²) in [5.41, 5.74) is 5.39. The number of carbonyl (C=O) groups is 1. The van der Waals surface area contributed by atoms with Gasteiger partial charge in [-0.25, -0.2) is 18.5 Å². The van der Waals surface area contributed by atoms with Crippen LogP contribution in [-0.4, -0.2) is 68.6 Å². The van der Waals surface area contributed by atoms with E-state index in [2.05, 4.69) is 28.4 Å². The first kappa shape index (κ1) is 46.7.